The number of furan rings is 1. The lowest BCUT2D eigenvalue weighted by atomic mass is 10.1. The molecule has 0 fully saturated rings. The maximum Gasteiger partial charge on any atom is 0.256 e. The summed E-state index contributed by atoms with van der Waals surface area (Å²) in [6, 6.07) is 15.6. The Morgan fingerprint density at radius 3 is 2.57 bits per heavy atom. The molecule has 4 rings (SSSR count). The molecule has 3 nitrogen and oxygen atoms in total. The molecule has 0 aliphatic carbocycles. The minimum Gasteiger partial charge on any atom is -0.456 e. The second-order valence-corrected chi connectivity index (χ2v) is 7.05. The number of fused-ring (bicyclic) bond motifs is 3. The third-order valence-corrected chi connectivity index (χ3v) is 4.89. The van der Waals surface area contributed by atoms with Gasteiger partial charge in [0.15, 0.2) is 0 Å². The Morgan fingerprint density at radius 1 is 1.00 bits per heavy atom. The van der Waals surface area contributed by atoms with Crippen LogP contribution < -0.4 is 5.32 Å². The Balaban J connectivity index is 1.73. The second-order valence-electron chi connectivity index (χ2n) is 5.59. The van der Waals surface area contributed by atoms with Crippen molar-refractivity contribution in [1.29, 1.82) is 0 Å². The number of amides is 1. The Kier molecular flexibility index (Phi) is 3.20. The predicted molar refractivity (Wildman–Crippen MR) is 95.5 cm³/mol. The first-order valence-electron chi connectivity index (χ1n) is 7.41. The lowest BCUT2D eigenvalue weighted by Crippen LogP contribution is -2.11. The van der Waals surface area contributed by atoms with E-state index >= 15 is 0 Å². The summed E-state index contributed by atoms with van der Waals surface area (Å²) in [6.45, 7) is 3.98. The van der Waals surface area contributed by atoms with E-state index in [1.54, 1.807) is 11.3 Å². The summed E-state index contributed by atoms with van der Waals surface area (Å²) >= 11 is 1.64. The van der Waals surface area contributed by atoms with Gasteiger partial charge in [0.25, 0.3) is 5.91 Å². The smallest absolute Gasteiger partial charge is 0.256 e. The number of nitrogens with one attached hydrogen (secondary N) is 1. The third-order valence-electron chi connectivity index (χ3n) is 3.92. The highest BCUT2D eigenvalue weighted by atomic mass is 32.1. The molecule has 23 heavy (non-hydrogen) atoms. The molecule has 0 bridgehead atoms. The van der Waals surface area contributed by atoms with Gasteiger partial charge in [0.05, 0.1) is 5.56 Å². The molecular formula is C19H15NO2S. The van der Waals surface area contributed by atoms with E-state index in [4.69, 9.17) is 4.42 Å². The second kappa shape index (κ2) is 5.25. The van der Waals surface area contributed by atoms with Gasteiger partial charge in [-0.3, -0.25) is 4.79 Å². The number of anilines is 1. The van der Waals surface area contributed by atoms with E-state index in [2.05, 4.69) is 5.32 Å². The number of hydrogen-bond acceptors (Lipinski definition) is 3. The van der Waals surface area contributed by atoms with Crippen LogP contribution >= 0.6 is 11.3 Å². The van der Waals surface area contributed by atoms with Gasteiger partial charge in [-0.2, -0.15) is 0 Å². The Hall–Kier alpha value is -2.59. The Bertz CT molecular complexity index is 1040. The Morgan fingerprint density at radius 2 is 1.78 bits per heavy atom. The quantitative estimate of drug-likeness (QED) is 0.528. The molecule has 2 aromatic heterocycles. The van der Waals surface area contributed by atoms with Crippen LogP contribution in [0.3, 0.4) is 0 Å². The SMILES string of the molecule is Cc1cc(C(=O)Nc2ccc3oc4ccccc4c3c2)c(C)s1. The van der Waals surface area contributed by atoms with Crippen molar-refractivity contribution in [3.8, 4) is 0 Å². The zero-order valence-electron chi connectivity index (χ0n) is 12.8. The highest BCUT2D eigenvalue weighted by molar-refractivity contribution is 7.12. The number of thiophene rings is 1. The molecule has 0 aliphatic rings. The van der Waals surface area contributed by atoms with E-state index in [1.165, 1.54) is 0 Å². The number of carbonyl (C=O) groups excluding carboxylic acids is 1. The van der Waals surface area contributed by atoms with Gasteiger partial charge in [-0.05, 0) is 44.2 Å². The van der Waals surface area contributed by atoms with Gasteiger partial charge in [-0.25, -0.2) is 0 Å². The molecule has 0 saturated carbocycles. The first-order valence-corrected chi connectivity index (χ1v) is 8.23. The minimum atomic E-state index is -0.0704. The van der Waals surface area contributed by atoms with Crippen molar-refractivity contribution in [2.45, 2.75) is 13.8 Å². The molecule has 0 spiro atoms. The summed E-state index contributed by atoms with van der Waals surface area (Å²) in [5.41, 5.74) is 3.20. The van der Waals surface area contributed by atoms with Crippen LogP contribution in [-0.4, -0.2) is 5.91 Å². The molecule has 1 amide bonds. The van der Waals surface area contributed by atoms with Crippen molar-refractivity contribution >= 4 is 44.9 Å². The van der Waals surface area contributed by atoms with Gasteiger partial charge in [0.2, 0.25) is 0 Å². The number of aryl methyl sites for hydroxylation is 2. The molecule has 0 unspecified atom stereocenters. The van der Waals surface area contributed by atoms with E-state index in [0.29, 0.717) is 0 Å². The predicted octanol–water partition coefficient (Wildman–Crippen LogP) is 5.52. The molecule has 0 saturated heterocycles. The fourth-order valence-electron chi connectivity index (χ4n) is 2.86. The van der Waals surface area contributed by atoms with Crippen LogP contribution in [0.15, 0.2) is 52.9 Å². The van der Waals surface area contributed by atoms with Crippen molar-refractivity contribution in [2.24, 2.45) is 0 Å². The van der Waals surface area contributed by atoms with Gasteiger partial charge in [-0.1, -0.05) is 18.2 Å². The highest BCUT2D eigenvalue weighted by Gasteiger charge is 2.13. The molecule has 4 heteroatoms. The van der Waals surface area contributed by atoms with Gasteiger partial charge in [-0.15, -0.1) is 11.3 Å². The van der Waals surface area contributed by atoms with E-state index in [1.807, 2.05) is 62.4 Å². The maximum absolute atomic E-state index is 12.5. The van der Waals surface area contributed by atoms with Crippen LogP contribution in [0.1, 0.15) is 20.1 Å². The molecule has 0 atom stereocenters. The lowest BCUT2D eigenvalue weighted by molar-refractivity contribution is 0.102. The topological polar surface area (TPSA) is 42.2 Å². The van der Waals surface area contributed by atoms with Gasteiger partial charge in [0, 0.05) is 26.2 Å². The summed E-state index contributed by atoms with van der Waals surface area (Å²) in [4.78, 5) is 14.6. The van der Waals surface area contributed by atoms with Crippen LogP contribution in [0.5, 0.6) is 0 Å². The first-order chi connectivity index (χ1) is 11.1. The zero-order valence-corrected chi connectivity index (χ0v) is 13.7. The van der Waals surface area contributed by atoms with Crippen LogP contribution in [0.25, 0.3) is 21.9 Å². The normalized spacial score (nSPS) is 11.2. The monoisotopic (exact) mass is 321 g/mol. The Labute approximate surface area is 137 Å². The summed E-state index contributed by atoms with van der Waals surface area (Å²) in [6.07, 6.45) is 0. The molecule has 2 aromatic carbocycles. The fourth-order valence-corrected chi connectivity index (χ4v) is 3.78. The van der Waals surface area contributed by atoms with E-state index < -0.39 is 0 Å². The first kappa shape index (κ1) is 14.0. The minimum absolute atomic E-state index is 0.0704. The number of benzene rings is 2. The average molecular weight is 321 g/mol. The summed E-state index contributed by atoms with van der Waals surface area (Å²) < 4.78 is 5.81. The van der Waals surface area contributed by atoms with Gasteiger partial charge >= 0.3 is 0 Å². The number of rotatable bonds is 2. The standard InChI is InChI=1S/C19H15NO2S/c1-11-9-15(12(2)23-11)19(21)20-13-7-8-18-16(10-13)14-5-3-4-6-17(14)22-18/h3-10H,1-2H3,(H,20,21). The lowest BCUT2D eigenvalue weighted by Gasteiger charge is -2.04. The fraction of sp³-hybridized carbons (Fsp3) is 0.105. The molecule has 1 N–H and O–H groups in total. The maximum atomic E-state index is 12.5. The number of carbonyl (C=O) groups is 1. The molecule has 0 radical (unpaired) electrons. The van der Waals surface area contributed by atoms with Crippen molar-refractivity contribution in [2.75, 3.05) is 5.32 Å². The van der Waals surface area contributed by atoms with Gasteiger partial charge < -0.3 is 9.73 Å². The molecular weight excluding hydrogens is 306 g/mol. The van der Waals surface area contributed by atoms with Gasteiger partial charge in [0.1, 0.15) is 11.2 Å². The van der Waals surface area contributed by atoms with Crippen molar-refractivity contribution in [3.63, 3.8) is 0 Å². The highest BCUT2D eigenvalue weighted by Crippen LogP contribution is 2.31. The largest absolute Gasteiger partial charge is 0.456 e. The number of para-hydroxylation sites is 1. The summed E-state index contributed by atoms with van der Waals surface area (Å²) in [5.74, 6) is -0.0704. The van der Waals surface area contributed by atoms with Crippen LogP contribution in [0.2, 0.25) is 0 Å². The van der Waals surface area contributed by atoms with E-state index in [0.717, 1.165) is 42.9 Å². The molecule has 4 aromatic rings. The summed E-state index contributed by atoms with van der Waals surface area (Å²) in [5, 5.41) is 5.05. The zero-order chi connectivity index (χ0) is 16.0. The van der Waals surface area contributed by atoms with E-state index in [9.17, 15) is 4.79 Å². The van der Waals surface area contributed by atoms with Crippen LogP contribution in [0.4, 0.5) is 5.69 Å². The van der Waals surface area contributed by atoms with Crippen LogP contribution in [0, 0.1) is 13.8 Å². The van der Waals surface area contributed by atoms with Crippen molar-refractivity contribution < 1.29 is 9.21 Å². The van der Waals surface area contributed by atoms with Crippen LogP contribution in [-0.2, 0) is 0 Å². The molecule has 114 valence electrons. The van der Waals surface area contributed by atoms with Crippen molar-refractivity contribution in [1.82, 2.24) is 0 Å². The molecule has 0 aliphatic heterocycles. The summed E-state index contributed by atoms with van der Waals surface area (Å²) in [7, 11) is 0. The number of hydrogen-bond donors (Lipinski definition) is 1. The average Bonchev–Trinajstić information content (AvgIpc) is 3.06. The molecule has 2 heterocycles. The van der Waals surface area contributed by atoms with E-state index in [-0.39, 0.29) is 5.91 Å². The third kappa shape index (κ3) is 2.41. The van der Waals surface area contributed by atoms with Crippen molar-refractivity contribution in [3.05, 3.63) is 63.8 Å².